The number of benzene rings is 2. The van der Waals surface area contributed by atoms with Gasteiger partial charge >= 0.3 is 0 Å². The molecule has 1 amide bonds. The number of non-ortho nitro benzene ring substituents is 1. The number of Topliss-reactive ketones (excluding diaryl/α,β-unsaturated/α-hetero) is 1. The summed E-state index contributed by atoms with van der Waals surface area (Å²) >= 11 is 0. The van der Waals surface area contributed by atoms with Crippen LogP contribution in [0.1, 0.15) is 23.6 Å². The summed E-state index contributed by atoms with van der Waals surface area (Å²) in [6, 6.07) is 11.1. The molecule has 0 aromatic heterocycles. The van der Waals surface area contributed by atoms with E-state index in [0.29, 0.717) is 29.9 Å². The molecule has 9 nitrogen and oxygen atoms in total. The van der Waals surface area contributed by atoms with Crippen LogP contribution in [0.4, 0.5) is 5.69 Å². The molecule has 1 heterocycles. The molecule has 0 unspecified atom stereocenters. The molecule has 0 saturated carbocycles. The zero-order valence-corrected chi connectivity index (χ0v) is 17.1. The summed E-state index contributed by atoms with van der Waals surface area (Å²) in [5.74, 6) is -1.30. The summed E-state index contributed by atoms with van der Waals surface area (Å²) in [6.45, 7) is 0.605. The van der Waals surface area contributed by atoms with Crippen molar-refractivity contribution < 1.29 is 29.1 Å². The second kappa shape index (κ2) is 9.40. The maximum Gasteiger partial charge on any atom is 0.295 e. The summed E-state index contributed by atoms with van der Waals surface area (Å²) < 4.78 is 10.2. The van der Waals surface area contributed by atoms with Gasteiger partial charge in [-0.15, -0.1) is 0 Å². The van der Waals surface area contributed by atoms with Gasteiger partial charge in [-0.2, -0.15) is 0 Å². The van der Waals surface area contributed by atoms with E-state index in [2.05, 4.69) is 0 Å². The minimum absolute atomic E-state index is 0.0681. The molecule has 2 aromatic rings. The lowest BCUT2D eigenvalue weighted by Crippen LogP contribution is -2.31. The van der Waals surface area contributed by atoms with Gasteiger partial charge in [0.05, 0.1) is 23.6 Å². The fraction of sp³-hybridized carbons (Fsp3) is 0.273. The van der Waals surface area contributed by atoms with E-state index in [0.717, 1.165) is 0 Å². The second-order valence-corrected chi connectivity index (χ2v) is 6.92. The summed E-state index contributed by atoms with van der Waals surface area (Å²) in [7, 11) is 3.04. The quantitative estimate of drug-likeness (QED) is 0.172. The molecule has 1 N–H and O–H groups in total. The summed E-state index contributed by atoms with van der Waals surface area (Å²) in [6.07, 6.45) is 0.482. The Kier molecular flexibility index (Phi) is 6.66. The van der Waals surface area contributed by atoms with Crippen LogP contribution in [0.5, 0.6) is 5.75 Å². The molecule has 0 radical (unpaired) electrons. The van der Waals surface area contributed by atoms with Gasteiger partial charge in [0.15, 0.2) is 0 Å². The monoisotopic (exact) mass is 426 g/mol. The van der Waals surface area contributed by atoms with Crippen molar-refractivity contribution in [3.63, 3.8) is 0 Å². The van der Waals surface area contributed by atoms with Crippen molar-refractivity contribution >= 4 is 23.1 Å². The molecule has 0 spiro atoms. The number of nitro groups is 1. The van der Waals surface area contributed by atoms with Crippen molar-refractivity contribution in [2.75, 3.05) is 27.4 Å². The average Bonchev–Trinajstić information content (AvgIpc) is 3.04. The molecule has 0 aliphatic carbocycles. The Morgan fingerprint density at radius 2 is 1.74 bits per heavy atom. The Balaban J connectivity index is 2.10. The van der Waals surface area contributed by atoms with Crippen molar-refractivity contribution in [1.82, 2.24) is 4.90 Å². The highest BCUT2D eigenvalue weighted by Crippen LogP contribution is 2.40. The van der Waals surface area contributed by atoms with E-state index in [1.165, 1.54) is 43.4 Å². The number of nitro benzene ring substituents is 1. The first-order valence-electron chi connectivity index (χ1n) is 9.55. The first-order valence-corrected chi connectivity index (χ1v) is 9.55. The Morgan fingerprint density at radius 1 is 1.10 bits per heavy atom. The molecule has 1 aliphatic rings. The maximum atomic E-state index is 12.9. The highest BCUT2D eigenvalue weighted by Gasteiger charge is 2.45. The largest absolute Gasteiger partial charge is 0.507 e. The molecule has 3 rings (SSSR count). The van der Waals surface area contributed by atoms with Crippen molar-refractivity contribution in [3.8, 4) is 5.75 Å². The summed E-state index contributed by atoms with van der Waals surface area (Å²) in [5, 5.41) is 21.9. The number of ether oxygens (including phenoxy) is 2. The fourth-order valence-electron chi connectivity index (χ4n) is 3.52. The van der Waals surface area contributed by atoms with Gasteiger partial charge in [0.25, 0.3) is 17.4 Å². The molecule has 1 aliphatic heterocycles. The van der Waals surface area contributed by atoms with Gasteiger partial charge in [-0.1, -0.05) is 0 Å². The predicted octanol–water partition coefficient (Wildman–Crippen LogP) is 3.06. The third-order valence-corrected chi connectivity index (χ3v) is 5.07. The number of carbonyl (C=O) groups excluding carboxylic acids is 2. The van der Waals surface area contributed by atoms with Crippen molar-refractivity contribution in [3.05, 3.63) is 75.3 Å². The molecule has 2 aromatic carbocycles. The molecule has 1 saturated heterocycles. The van der Waals surface area contributed by atoms with E-state index < -0.39 is 22.7 Å². The number of nitrogens with zero attached hydrogens (tertiary/aromatic N) is 2. The maximum absolute atomic E-state index is 12.9. The van der Waals surface area contributed by atoms with Gasteiger partial charge in [0.2, 0.25) is 0 Å². The molecule has 9 heteroatoms. The molecule has 31 heavy (non-hydrogen) atoms. The Labute approximate surface area is 178 Å². The standard InChI is InChI=1S/C22H22N2O7/c1-30-13-3-12-23-19(14-4-8-16(9-5-14)24(28)29)18(21(26)22(23)27)20(25)15-6-10-17(31-2)11-7-15/h4-11,19,25H,3,12-13H2,1-2H3/t19-/m1/s1. The average molecular weight is 426 g/mol. The number of aliphatic hydroxyl groups excluding tert-OH is 1. The highest BCUT2D eigenvalue weighted by atomic mass is 16.6. The van der Waals surface area contributed by atoms with Gasteiger partial charge in [-0.3, -0.25) is 19.7 Å². The van der Waals surface area contributed by atoms with Crippen molar-refractivity contribution in [2.24, 2.45) is 0 Å². The van der Waals surface area contributed by atoms with Crippen LogP contribution in [0.25, 0.3) is 5.76 Å². The van der Waals surface area contributed by atoms with Crippen LogP contribution in [0.2, 0.25) is 0 Å². The van der Waals surface area contributed by atoms with Crippen LogP contribution >= 0.6 is 0 Å². The number of rotatable bonds is 8. The van der Waals surface area contributed by atoms with Crippen LogP contribution in [-0.4, -0.2) is 54.0 Å². The lowest BCUT2D eigenvalue weighted by molar-refractivity contribution is -0.384. The van der Waals surface area contributed by atoms with Crippen LogP contribution in [0.3, 0.4) is 0 Å². The Bertz CT molecular complexity index is 1010. The van der Waals surface area contributed by atoms with Crippen molar-refractivity contribution in [2.45, 2.75) is 12.5 Å². The van der Waals surface area contributed by atoms with Gasteiger partial charge in [0, 0.05) is 38.0 Å². The Morgan fingerprint density at radius 3 is 2.29 bits per heavy atom. The van der Waals surface area contributed by atoms with Crippen LogP contribution < -0.4 is 4.74 Å². The van der Waals surface area contributed by atoms with E-state index in [1.807, 2.05) is 0 Å². The third-order valence-electron chi connectivity index (χ3n) is 5.07. The normalized spacial score (nSPS) is 17.7. The predicted molar refractivity (Wildman–Crippen MR) is 112 cm³/mol. The molecule has 1 atom stereocenters. The topological polar surface area (TPSA) is 119 Å². The van der Waals surface area contributed by atoms with Crippen LogP contribution in [0.15, 0.2) is 54.1 Å². The number of ketones is 1. The lowest BCUT2D eigenvalue weighted by atomic mass is 9.95. The minimum Gasteiger partial charge on any atom is -0.507 e. The number of hydrogen-bond donors (Lipinski definition) is 1. The second-order valence-electron chi connectivity index (χ2n) is 6.92. The van der Waals surface area contributed by atoms with E-state index in [4.69, 9.17) is 9.47 Å². The number of likely N-dealkylation sites (tertiary alicyclic amines) is 1. The lowest BCUT2D eigenvalue weighted by Gasteiger charge is -2.25. The highest BCUT2D eigenvalue weighted by molar-refractivity contribution is 6.46. The molecular weight excluding hydrogens is 404 g/mol. The number of amides is 1. The molecule has 0 bridgehead atoms. The van der Waals surface area contributed by atoms with Gasteiger partial charge < -0.3 is 19.5 Å². The van der Waals surface area contributed by atoms with Crippen molar-refractivity contribution in [1.29, 1.82) is 0 Å². The van der Waals surface area contributed by atoms with Crippen LogP contribution in [-0.2, 0) is 14.3 Å². The number of aliphatic hydroxyl groups is 1. The zero-order valence-electron chi connectivity index (χ0n) is 17.1. The molecule has 162 valence electrons. The molecule has 1 fully saturated rings. The van der Waals surface area contributed by atoms with Gasteiger partial charge in [0.1, 0.15) is 11.5 Å². The minimum atomic E-state index is -0.875. The summed E-state index contributed by atoms with van der Waals surface area (Å²) in [5.41, 5.74) is 0.650. The first kappa shape index (κ1) is 22.0. The van der Waals surface area contributed by atoms with E-state index in [9.17, 15) is 24.8 Å². The SMILES string of the molecule is COCCCN1C(=O)C(=O)C(=C(O)c2ccc(OC)cc2)[C@H]1c1ccc([N+](=O)[O-])cc1. The fourth-order valence-corrected chi connectivity index (χ4v) is 3.52. The third kappa shape index (κ3) is 4.41. The molecular formula is C22H22N2O7. The number of hydrogen-bond acceptors (Lipinski definition) is 7. The smallest absolute Gasteiger partial charge is 0.295 e. The summed E-state index contributed by atoms with van der Waals surface area (Å²) in [4.78, 5) is 37.5. The number of methoxy groups -OCH3 is 2. The van der Waals surface area contributed by atoms with Crippen LogP contribution in [0, 0.1) is 10.1 Å². The van der Waals surface area contributed by atoms with E-state index in [-0.39, 0.29) is 23.6 Å². The number of carbonyl (C=O) groups is 2. The van der Waals surface area contributed by atoms with Gasteiger partial charge in [-0.05, 0) is 48.4 Å². The van der Waals surface area contributed by atoms with Gasteiger partial charge in [-0.25, -0.2) is 0 Å². The Hall–Kier alpha value is -3.72. The first-order chi connectivity index (χ1) is 14.9. The van der Waals surface area contributed by atoms with E-state index in [1.54, 1.807) is 24.3 Å². The van der Waals surface area contributed by atoms with E-state index >= 15 is 0 Å². The zero-order chi connectivity index (χ0) is 22.5.